The Hall–Kier alpha value is -0.280. The maximum absolute atomic E-state index is 11.7. The molecule has 0 radical (unpaired) electrons. The van der Waals surface area contributed by atoms with Crippen molar-refractivity contribution in [2.24, 2.45) is 11.8 Å². The van der Waals surface area contributed by atoms with Gasteiger partial charge in [-0.2, -0.15) is 0 Å². The minimum Gasteiger partial charge on any atom is -0.356 e. The molecule has 0 spiro atoms. The van der Waals surface area contributed by atoms with Crippen LogP contribution >= 0.6 is 12.4 Å². The van der Waals surface area contributed by atoms with Crippen LogP contribution in [0.25, 0.3) is 0 Å². The lowest BCUT2D eigenvalue weighted by Gasteiger charge is -2.22. The highest BCUT2D eigenvalue weighted by molar-refractivity contribution is 5.85. The molecule has 18 heavy (non-hydrogen) atoms. The summed E-state index contributed by atoms with van der Waals surface area (Å²) in [6.45, 7) is 3.18. The molecule has 0 bridgehead atoms. The standard InChI is InChI=1S/C14H26N2O.ClH/c17-14(10-12-4-1-2-5-12)16-9-7-13-6-3-8-15-11-13;/h12-13,15H,1-11H2,(H,16,17);1H. The van der Waals surface area contributed by atoms with Gasteiger partial charge in [-0.1, -0.05) is 12.8 Å². The highest BCUT2D eigenvalue weighted by atomic mass is 35.5. The fraction of sp³-hybridized carbons (Fsp3) is 0.929. The van der Waals surface area contributed by atoms with Crippen LogP contribution in [0.1, 0.15) is 51.4 Å². The van der Waals surface area contributed by atoms with E-state index >= 15 is 0 Å². The molecule has 0 aromatic rings. The number of amides is 1. The Morgan fingerprint density at radius 3 is 2.50 bits per heavy atom. The van der Waals surface area contributed by atoms with Crippen molar-refractivity contribution in [2.45, 2.75) is 51.4 Å². The number of hydrogen-bond donors (Lipinski definition) is 2. The molecular formula is C14H27ClN2O. The first-order valence-electron chi connectivity index (χ1n) is 7.32. The van der Waals surface area contributed by atoms with Crippen molar-refractivity contribution in [3.63, 3.8) is 0 Å². The second kappa shape index (κ2) is 8.76. The number of piperidine rings is 1. The van der Waals surface area contributed by atoms with Crippen molar-refractivity contribution < 1.29 is 4.79 Å². The van der Waals surface area contributed by atoms with Gasteiger partial charge in [0.05, 0.1) is 0 Å². The fourth-order valence-electron chi connectivity index (χ4n) is 3.13. The van der Waals surface area contributed by atoms with Crippen molar-refractivity contribution in [1.29, 1.82) is 0 Å². The Balaban J connectivity index is 0.00000162. The first-order chi connectivity index (χ1) is 8.34. The number of carbonyl (C=O) groups excluding carboxylic acids is 1. The van der Waals surface area contributed by atoms with Crippen molar-refractivity contribution in [3.8, 4) is 0 Å². The van der Waals surface area contributed by atoms with E-state index in [1.54, 1.807) is 0 Å². The fourth-order valence-corrected chi connectivity index (χ4v) is 3.13. The summed E-state index contributed by atoms with van der Waals surface area (Å²) in [6, 6.07) is 0. The number of hydrogen-bond acceptors (Lipinski definition) is 2. The normalized spacial score (nSPS) is 24.6. The van der Waals surface area contributed by atoms with Crippen LogP contribution in [0.3, 0.4) is 0 Å². The number of nitrogens with one attached hydrogen (secondary N) is 2. The molecule has 1 aliphatic carbocycles. The van der Waals surface area contributed by atoms with Crippen LogP contribution in [-0.2, 0) is 4.79 Å². The van der Waals surface area contributed by atoms with E-state index in [2.05, 4.69) is 10.6 Å². The monoisotopic (exact) mass is 274 g/mol. The molecule has 1 aliphatic heterocycles. The van der Waals surface area contributed by atoms with E-state index in [1.165, 1.54) is 45.1 Å². The first-order valence-corrected chi connectivity index (χ1v) is 7.32. The molecule has 2 fully saturated rings. The average Bonchev–Trinajstić information content (AvgIpc) is 2.83. The highest BCUT2D eigenvalue weighted by Crippen LogP contribution is 2.27. The van der Waals surface area contributed by atoms with Crippen molar-refractivity contribution in [2.75, 3.05) is 19.6 Å². The molecule has 4 heteroatoms. The van der Waals surface area contributed by atoms with Gasteiger partial charge in [0.2, 0.25) is 5.91 Å². The molecule has 2 rings (SSSR count). The van der Waals surface area contributed by atoms with Crippen LogP contribution in [0.5, 0.6) is 0 Å². The highest BCUT2D eigenvalue weighted by Gasteiger charge is 2.18. The molecule has 1 amide bonds. The lowest BCUT2D eigenvalue weighted by molar-refractivity contribution is -0.122. The summed E-state index contributed by atoms with van der Waals surface area (Å²) in [6.07, 6.45) is 9.70. The zero-order valence-corrected chi connectivity index (χ0v) is 12.1. The maximum atomic E-state index is 11.7. The van der Waals surface area contributed by atoms with E-state index in [4.69, 9.17) is 0 Å². The van der Waals surface area contributed by atoms with Gasteiger partial charge < -0.3 is 10.6 Å². The van der Waals surface area contributed by atoms with Crippen LogP contribution in [0.2, 0.25) is 0 Å². The van der Waals surface area contributed by atoms with Crippen molar-refractivity contribution >= 4 is 18.3 Å². The third kappa shape index (κ3) is 5.57. The van der Waals surface area contributed by atoms with E-state index in [0.717, 1.165) is 31.8 Å². The van der Waals surface area contributed by atoms with Crippen LogP contribution in [0.15, 0.2) is 0 Å². The summed E-state index contributed by atoms with van der Waals surface area (Å²) >= 11 is 0. The molecule has 1 saturated heterocycles. The number of rotatable bonds is 5. The largest absolute Gasteiger partial charge is 0.356 e. The summed E-state index contributed by atoms with van der Waals surface area (Å²) in [5, 5.41) is 6.51. The Morgan fingerprint density at radius 2 is 1.83 bits per heavy atom. The molecule has 0 aromatic heterocycles. The van der Waals surface area contributed by atoms with Crippen LogP contribution in [0.4, 0.5) is 0 Å². The summed E-state index contributed by atoms with van der Waals surface area (Å²) in [4.78, 5) is 11.7. The van der Waals surface area contributed by atoms with Crippen molar-refractivity contribution in [1.82, 2.24) is 10.6 Å². The summed E-state index contributed by atoms with van der Waals surface area (Å²) in [5.41, 5.74) is 0. The lowest BCUT2D eigenvalue weighted by atomic mass is 9.96. The molecule has 1 atom stereocenters. The van der Waals surface area contributed by atoms with Gasteiger partial charge in [-0.15, -0.1) is 12.4 Å². The van der Waals surface area contributed by atoms with Gasteiger partial charge in [0.15, 0.2) is 0 Å². The van der Waals surface area contributed by atoms with E-state index in [1.807, 2.05) is 0 Å². The van der Waals surface area contributed by atoms with Gasteiger partial charge in [0, 0.05) is 13.0 Å². The predicted octanol–water partition coefficient (Wildman–Crippen LogP) is 2.49. The molecule has 2 aliphatic rings. The third-order valence-electron chi connectivity index (χ3n) is 4.22. The molecule has 2 N–H and O–H groups in total. The summed E-state index contributed by atoms with van der Waals surface area (Å²) < 4.78 is 0. The topological polar surface area (TPSA) is 41.1 Å². The minimum atomic E-state index is 0. The summed E-state index contributed by atoms with van der Waals surface area (Å²) in [5.74, 6) is 1.72. The lowest BCUT2D eigenvalue weighted by Crippen LogP contribution is -2.33. The second-order valence-electron chi connectivity index (χ2n) is 5.71. The van der Waals surface area contributed by atoms with Gasteiger partial charge in [0.25, 0.3) is 0 Å². The van der Waals surface area contributed by atoms with E-state index in [9.17, 15) is 4.79 Å². The molecule has 106 valence electrons. The zero-order valence-electron chi connectivity index (χ0n) is 11.2. The smallest absolute Gasteiger partial charge is 0.220 e. The van der Waals surface area contributed by atoms with Crippen LogP contribution < -0.4 is 10.6 Å². The van der Waals surface area contributed by atoms with Gasteiger partial charge >= 0.3 is 0 Å². The quantitative estimate of drug-likeness (QED) is 0.809. The average molecular weight is 275 g/mol. The van der Waals surface area contributed by atoms with Crippen LogP contribution in [0, 0.1) is 11.8 Å². The molecule has 3 nitrogen and oxygen atoms in total. The number of carbonyl (C=O) groups is 1. The van der Waals surface area contributed by atoms with Gasteiger partial charge in [-0.05, 0) is 57.0 Å². The minimum absolute atomic E-state index is 0. The molecule has 1 saturated carbocycles. The Kier molecular flexibility index (Phi) is 7.68. The number of halogens is 1. The van der Waals surface area contributed by atoms with Crippen LogP contribution in [-0.4, -0.2) is 25.5 Å². The van der Waals surface area contributed by atoms with Gasteiger partial charge in [-0.3, -0.25) is 4.79 Å². The molecule has 1 unspecified atom stereocenters. The predicted molar refractivity (Wildman–Crippen MR) is 77.0 cm³/mol. The first kappa shape index (κ1) is 15.8. The Morgan fingerprint density at radius 1 is 1.11 bits per heavy atom. The SMILES string of the molecule is Cl.O=C(CC1CCCC1)NCCC1CCCNC1. The zero-order chi connectivity index (χ0) is 11.9. The Labute approximate surface area is 117 Å². The second-order valence-corrected chi connectivity index (χ2v) is 5.71. The maximum Gasteiger partial charge on any atom is 0.220 e. The van der Waals surface area contributed by atoms with Crippen molar-refractivity contribution in [3.05, 3.63) is 0 Å². The Bertz CT molecular complexity index is 236. The third-order valence-corrected chi connectivity index (χ3v) is 4.22. The van der Waals surface area contributed by atoms with E-state index in [-0.39, 0.29) is 18.3 Å². The molecule has 0 aromatic carbocycles. The van der Waals surface area contributed by atoms with Gasteiger partial charge in [0.1, 0.15) is 0 Å². The molecular weight excluding hydrogens is 248 g/mol. The van der Waals surface area contributed by atoms with Gasteiger partial charge in [-0.25, -0.2) is 0 Å². The van der Waals surface area contributed by atoms with E-state index < -0.39 is 0 Å². The molecule has 1 heterocycles. The summed E-state index contributed by atoms with van der Waals surface area (Å²) in [7, 11) is 0. The van der Waals surface area contributed by atoms with E-state index in [0.29, 0.717) is 5.92 Å².